The fourth-order valence-electron chi connectivity index (χ4n) is 2.11. The van der Waals surface area contributed by atoms with Crippen LogP contribution in [0.1, 0.15) is 20.8 Å². The second-order valence-electron chi connectivity index (χ2n) is 4.82. The fourth-order valence-corrected chi connectivity index (χ4v) is 2.11. The minimum absolute atomic E-state index is 0.0478. The van der Waals surface area contributed by atoms with E-state index in [2.05, 4.69) is 25.7 Å². The van der Waals surface area contributed by atoms with Crippen molar-refractivity contribution >= 4 is 0 Å². The summed E-state index contributed by atoms with van der Waals surface area (Å²) in [4.78, 5) is 2.26. The third-order valence-corrected chi connectivity index (χ3v) is 2.37. The summed E-state index contributed by atoms with van der Waals surface area (Å²) in [6.45, 7) is 8.81. The lowest BCUT2D eigenvalue weighted by Gasteiger charge is -2.42. The van der Waals surface area contributed by atoms with Gasteiger partial charge in [0, 0.05) is 25.7 Å². The van der Waals surface area contributed by atoms with Gasteiger partial charge in [0.2, 0.25) is 0 Å². The molecule has 0 aromatic carbocycles. The van der Waals surface area contributed by atoms with Crippen molar-refractivity contribution in [2.24, 2.45) is 5.73 Å². The van der Waals surface area contributed by atoms with E-state index in [0.717, 1.165) is 19.6 Å². The van der Waals surface area contributed by atoms with Crippen molar-refractivity contribution in [3.8, 4) is 0 Å². The molecular weight excluding hydrogens is 180 g/mol. The molecule has 84 valence electrons. The lowest BCUT2D eigenvalue weighted by atomic mass is 10.1. The molecule has 0 aliphatic carbocycles. The topological polar surface area (TPSA) is 58.7 Å². The van der Waals surface area contributed by atoms with Gasteiger partial charge in [0.15, 0.2) is 0 Å². The molecule has 0 saturated carbocycles. The quantitative estimate of drug-likeness (QED) is 0.666. The van der Waals surface area contributed by atoms with Crippen LogP contribution in [0.25, 0.3) is 0 Å². The van der Waals surface area contributed by atoms with Gasteiger partial charge in [-0.3, -0.25) is 4.90 Å². The van der Waals surface area contributed by atoms with Crippen molar-refractivity contribution in [1.82, 2.24) is 4.90 Å². The molecule has 2 atom stereocenters. The Bertz CT molecular complexity index is 185. The molecule has 1 saturated heterocycles. The maximum absolute atomic E-state index is 8.88. The van der Waals surface area contributed by atoms with Gasteiger partial charge in [0.25, 0.3) is 0 Å². The number of aliphatic hydroxyl groups excluding tert-OH is 1. The van der Waals surface area contributed by atoms with Crippen LogP contribution in [-0.2, 0) is 4.74 Å². The average Bonchev–Trinajstić information content (AvgIpc) is 1.99. The van der Waals surface area contributed by atoms with E-state index < -0.39 is 0 Å². The van der Waals surface area contributed by atoms with Gasteiger partial charge in [0.05, 0.1) is 18.3 Å². The molecule has 0 bridgehead atoms. The number of hydrogen-bond donors (Lipinski definition) is 2. The second kappa shape index (κ2) is 4.57. The molecule has 0 amide bonds. The number of nitrogens with zero attached hydrogens (tertiary/aromatic N) is 1. The molecule has 0 spiro atoms. The number of rotatable bonds is 3. The largest absolute Gasteiger partial charge is 0.395 e. The van der Waals surface area contributed by atoms with Crippen LogP contribution in [-0.4, -0.2) is 54.0 Å². The Kier molecular flexibility index (Phi) is 3.89. The molecule has 14 heavy (non-hydrogen) atoms. The third-order valence-electron chi connectivity index (χ3n) is 2.37. The van der Waals surface area contributed by atoms with Gasteiger partial charge in [-0.15, -0.1) is 0 Å². The summed E-state index contributed by atoms with van der Waals surface area (Å²) in [5.74, 6) is 0. The summed E-state index contributed by atoms with van der Waals surface area (Å²) in [7, 11) is 0. The second-order valence-corrected chi connectivity index (χ2v) is 4.82. The number of nitrogens with two attached hydrogens (primary N) is 1. The van der Waals surface area contributed by atoms with Crippen molar-refractivity contribution in [2.45, 2.75) is 38.5 Å². The van der Waals surface area contributed by atoms with Crippen molar-refractivity contribution in [2.75, 3.05) is 26.2 Å². The molecule has 4 heteroatoms. The maximum Gasteiger partial charge on any atom is 0.0757 e. The number of aliphatic hydroxyl groups is 1. The highest BCUT2D eigenvalue weighted by Crippen LogP contribution is 2.20. The van der Waals surface area contributed by atoms with Gasteiger partial charge in [-0.2, -0.15) is 0 Å². The third kappa shape index (κ3) is 3.53. The summed E-state index contributed by atoms with van der Waals surface area (Å²) in [6.07, 6.45) is 0.240. The average molecular weight is 202 g/mol. The Hall–Kier alpha value is -0.160. The van der Waals surface area contributed by atoms with E-state index in [1.165, 1.54) is 0 Å². The van der Waals surface area contributed by atoms with Crippen molar-refractivity contribution in [1.29, 1.82) is 0 Å². The van der Waals surface area contributed by atoms with E-state index in [1.807, 2.05) is 0 Å². The van der Waals surface area contributed by atoms with E-state index in [4.69, 9.17) is 15.6 Å². The molecule has 1 fully saturated rings. The molecule has 1 aliphatic rings. The molecule has 4 nitrogen and oxygen atoms in total. The summed E-state index contributed by atoms with van der Waals surface area (Å²) >= 11 is 0. The lowest BCUT2D eigenvalue weighted by Crippen LogP contribution is -2.54. The fraction of sp³-hybridized carbons (Fsp3) is 1.00. The highest BCUT2D eigenvalue weighted by molar-refractivity contribution is 4.84. The van der Waals surface area contributed by atoms with Crippen LogP contribution in [0, 0.1) is 0 Å². The van der Waals surface area contributed by atoms with Gasteiger partial charge in [-0.1, -0.05) is 0 Å². The van der Waals surface area contributed by atoms with Crippen molar-refractivity contribution in [3.63, 3.8) is 0 Å². The van der Waals surface area contributed by atoms with Gasteiger partial charge in [-0.25, -0.2) is 0 Å². The highest BCUT2D eigenvalue weighted by Gasteiger charge is 2.31. The van der Waals surface area contributed by atoms with Crippen molar-refractivity contribution < 1.29 is 9.84 Å². The zero-order valence-electron chi connectivity index (χ0n) is 9.36. The Morgan fingerprint density at radius 3 is 2.79 bits per heavy atom. The van der Waals surface area contributed by atoms with Gasteiger partial charge in [-0.05, 0) is 20.8 Å². The zero-order chi connectivity index (χ0) is 10.8. The molecule has 1 heterocycles. The predicted octanol–water partition coefficient (Wildman–Crippen LogP) is -0.195. The van der Waals surface area contributed by atoms with E-state index in [1.54, 1.807) is 0 Å². The number of morpholine rings is 1. The van der Waals surface area contributed by atoms with E-state index in [-0.39, 0.29) is 24.4 Å². The SMILES string of the molecule is CC1CN(CC(N)CO)CC(C)(C)O1. The van der Waals surface area contributed by atoms with Crippen LogP contribution in [0.4, 0.5) is 0 Å². The van der Waals surface area contributed by atoms with Gasteiger partial charge >= 0.3 is 0 Å². The molecular formula is C10H22N2O2. The summed E-state index contributed by atoms with van der Waals surface area (Å²) in [6, 6.07) is -0.143. The van der Waals surface area contributed by atoms with E-state index in [0.29, 0.717) is 0 Å². The molecule has 0 radical (unpaired) electrons. The smallest absolute Gasteiger partial charge is 0.0757 e. The Balaban J connectivity index is 2.45. The van der Waals surface area contributed by atoms with Crippen LogP contribution in [0.5, 0.6) is 0 Å². The Morgan fingerprint density at radius 1 is 1.64 bits per heavy atom. The first-order valence-corrected chi connectivity index (χ1v) is 5.19. The van der Waals surface area contributed by atoms with E-state index >= 15 is 0 Å². The minimum atomic E-state index is -0.143. The predicted molar refractivity (Wildman–Crippen MR) is 56.1 cm³/mol. The minimum Gasteiger partial charge on any atom is -0.395 e. The number of hydrogen-bond acceptors (Lipinski definition) is 4. The maximum atomic E-state index is 8.88. The highest BCUT2D eigenvalue weighted by atomic mass is 16.5. The van der Waals surface area contributed by atoms with Crippen LogP contribution in [0.15, 0.2) is 0 Å². The first-order valence-electron chi connectivity index (χ1n) is 5.19. The molecule has 0 aromatic heterocycles. The Labute approximate surface area is 86.0 Å². The normalized spacial score (nSPS) is 30.2. The monoisotopic (exact) mass is 202 g/mol. The lowest BCUT2D eigenvalue weighted by molar-refractivity contribution is -0.129. The van der Waals surface area contributed by atoms with E-state index in [9.17, 15) is 0 Å². The van der Waals surface area contributed by atoms with Crippen molar-refractivity contribution in [3.05, 3.63) is 0 Å². The Morgan fingerprint density at radius 2 is 2.29 bits per heavy atom. The van der Waals surface area contributed by atoms with Gasteiger partial charge in [0.1, 0.15) is 0 Å². The van der Waals surface area contributed by atoms with Crippen LogP contribution < -0.4 is 5.73 Å². The number of ether oxygens (including phenoxy) is 1. The van der Waals surface area contributed by atoms with Crippen LogP contribution in [0.3, 0.4) is 0 Å². The summed E-state index contributed by atoms with van der Waals surface area (Å²) in [5.41, 5.74) is 5.60. The molecule has 1 rings (SSSR count). The zero-order valence-corrected chi connectivity index (χ0v) is 9.36. The molecule has 0 aromatic rings. The van der Waals surface area contributed by atoms with Crippen LogP contribution in [0.2, 0.25) is 0 Å². The van der Waals surface area contributed by atoms with Crippen LogP contribution >= 0.6 is 0 Å². The standard InChI is InChI=1S/C10H22N2O2/c1-8-4-12(5-9(11)6-13)7-10(2,3)14-8/h8-9,13H,4-7,11H2,1-3H3. The first-order chi connectivity index (χ1) is 6.43. The molecule has 2 unspecified atom stereocenters. The summed E-state index contributed by atoms with van der Waals surface area (Å²) in [5, 5.41) is 8.88. The molecule has 3 N–H and O–H groups in total. The van der Waals surface area contributed by atoms with Gasteiger partial charge < -0.3 is 15.6 Å². The first kappa shape index (κ1) is 11.9. The summed E-state index contributed by atoms with van der Waals surface area (Å²) < 4.78 is 5.77. The molecule has 1 aliphatic heterocycles.